The van der Waals surface area contributed by atoms with Gasteiger partial charge in [-0.15, -0.1) is 0 Å². The fraction of sp³-hybridized carbons (Fsp3) is 0.415. The summed E-state index contributed by atoms with van der Waals surface area (Å²) in [5, 5.41) is 6.21. The molecule has 3 aliphatic rings. The summed E-state index contributed by atoms with van der Waals surface area (Å²) in [5.41, 5.74) is 10.0. The van der Waals surface area contributed by atoms with Crippen molar-refractivity contribution in [3.05, 3.63) is 104 Å². The van der Waals surface area contributed by atoms with Crippen molar-refractivity contribution in [3.63, 3.8) is 0 Å². The number of aromatic nitrogens is 2. The van der Waals surface area contributed by atoms with Gasteiger partial charge in [-0.3, -0.25) is 24.6 Å². The highest BCUT2D eigenvalue weighted by Gasteiger charge is 2.28. The number of carbonyl (C=O) groups excluding carboxylic acids is 2. The second kappa shape index (κ2) is 15.1. The van der Waals surface area contributed by atoms with Gasteiger partial charge in [0.25, 0.3) is 5.56 Å². The summed E-state index contributed by atoms with van der Waals surface area (Å²) in [6.45, 7) is 8.32. The number of pyridine rings is 2. The lowest BCUT2D eigenvalue weighted by molar-refractivity contribution is -0.133. The summed E-state index contributed by atoms with van der Waals surface area (Å²) in [6, 6.07) is 14.4. The molecule has 0 aliphatic carbocycles. The average Bonchev–Trinajstić information content (AvgIpc) is 3.15. The molecular weight excluding hydrogens is 676 g/mol. The van der Waals surface area contributed by atoms with Crippen LogP contribution in [0.2, 0.25) is 5.02 Å². The van der Waals surface area contributed by atoms with Gasteiger partial charge in [-0.25, -0.2) is 4.98 Å². The summed E-state index contributed by atoms with van der Waals surface area (Å²) >= 11 is 6.97. The third kappa shape index (κ3) is 7.45. The molecule has 11 heteroatoms. The Morgan fingerprint density at radius 3 is 2.54 bits per heavy atom. The van der Waals surface area contributed by atoms with Gasteiger partial charge >= 0.3 is 0 Å². The summed E-state index contributed by atoms with van der Waals surface area (Å²) in [5.74, 6) is 1.52. The molecule has 2 N–H and O–H groups in total. The maximum atomic E-state index is 12.5. The van der Waals surface area contributed by atoms with E-state index in [2.05, 4.69) is 49.7 Å². The number of hydrogen-bond acceptors (Lipinski definition) is 8. The number of nitrogens with one attached hydrogen (secondary N) is 2. The van der Waals surface area contributed by atoms with Crippen LogP contribution in [0.25, 0.3) is 11.1 Å². The van der Waals surface area contributed by atoms with Crippen molar-refractivity contribution in [3.8, 4) is 16.9 Å². The fourth-order valence-electron chi connectivity index (χ4n) is 8.04. The molecule has 1 unspecified atom stereocenters. The monoisotopic (exact) mass is 722 g/mol. The first-order valence-electron chi connectivity index (χ1n) is 18.2. The molecule has 52 heavy (non-hydrogen) atoms. The molecule has 10 nitrogen and oxygen atoms in total. The Morgan fingerprint density at radius 1 is 1.00 bits per heavy atom. The number of rotatable bonds is 9. The number of hydrogen-bond donors (Lipinski definition) is 2. The Balaban J connectivity index is 0.959. The van der Waals surface area contributed by atoms with Crippen LogP contribution in [0.1, 0.15) is 59.1 Å². The van der Waals surface area contributed by atoms with Gasteiger partial charge in [0.15, 0.2) is 0 Å². The van der Waals surface area contributed by atoms with E-state index in [4.69, 9.17) is 16.3 Å². The third-order valence-electron chi connectivity index (χ3n) is 11.2. The minimum atomic E-state index is -0.438. The largest absolute Gasteiger partial charge is 0.496 e. The number of anilines is 2. The Labute approximate surface area is 310 Å². The van der Waals surface area contributed by atoms with Crippen LogP contribution in [-0.4, -0.2) is 59.1 Å². The van der Waals surface area contributed by atoms with E-state index < -0.39 is 6.04 Å². The van der Waals surface area contributed by atoms with E-state index >= 15 is 0 Å². The van der Waals surface area contributed by atoms with Gasteiger partial charge in [0.05, 0.1) is 19.0 Å². The summed E-state index contributed by atoms with van der Waals surface area (Å²) in [4.78, 5) is 45.4. The minimum absolute atomic E-state index is 0.00917. The van der Waals surface area contributed by atoms with Gasteiger partial charge in [0.1, 0.15) is 17.6 Å². The lowest BCUT2D eigenvalue weighted by atomic mass is 9.85. The van der Waals surface area contributed by atoms with Crippen molar-refractivity contribution >= 4 is 34.9 Å². The van der Waals surface area contributed by atoms with Crippen LogP contribution in [0.4, 0.5) is 11.5 Å². The molecule has 5 heterocycles. The third-order valence-corrected chi connectivity index (χ3v) is 11.6. The van der Waals surface area contributed by atoms with Crippen LogP contribution < -0.4 is 25.8 Å². The van der Waals surface area contributed by atoms with Crippen LogP contribution in [0.5, 0.6) is 5.75 Å². The molecule has 2 aromatic carbocycles. The topological polar surface area (TPSA) is 109 Å². The maximum Gasteiger partial charge on any atom is 0.253 e. The second-order valence-corrected chi connectivity index (χ2v) is 15.0. The summed E-state index contributed by atoms with van der Waals surface area (Å²) in [6.07, 6.45) is 8.91. The highest BCUT2D eigenvalue weighted by atomic mass is 35.5. The van der Waals surface area contributed by atoms with Crippen molar-refractivity contribution in [1.29, 1.82) is 0 Å². The zero-order valence-corrected chi connectivity index (χ0v) is 31.2. The number of benzene rings is 2. The number of carbonyl (C=O) groups is 2. The van der Waals surface area contributed by atoms with Crippen LogP contribution in [0, 0.1) is 19.8 Å². The highest BCUT2D eigenvalue weighted by molar-refractivity contribution is 6.32. The number of methoxy groups -OCH3 is 1. The number of piperidine rings is 2. The lowest BCUT2D eigenvalue weighted by Gasteiger charge is -2.35. The van der Waals surface area contributed by atoms with E-state index in [1.165, 1.54) is 16.7 Å². The number of imide groups is 1. The molecule has 4 aromatic rings. The molecule has 272 valence electrons. The molecule has 1 atom stereocenters. The van der Waals surface area contributed by atoms with E-state index in [-0.39, 0.29) is 17.4 Å². The molecule has 7 rings (SSSR count). The molecule has 0 radical (unpaired) electrons. The molecule has 0 spiro atoms. The first kappa shape index (κ1) is 35.7. The quantitative estimate of drug-likeness (QED) is 0.204. The van der Waals surface area contributed by atoms with Crippen molar-refractivity contribution in [2.45, 2.75) is 71.5 Å². The van der Waals surface area contributed by atoms with Gasteiger partial charge < -0.3 is 19.5 Å². The van der Waals surface area contributed by atoms with Crippen molar-refractivity contribution in [2.24, 2.45) is 13.0 Å². The molecule has 2 fully saturated rings. The molecular formula is C41H47ClN6O4. The number of fused-ring (bicyclic) bond motifs is 1. The average molecular weight is 723 g/mol. The van der Waals surface area contributed by atoms with Crippen LogP contribution >= 0.6 is 11.6 Å². The van der Waals surface area contributed by atoms with Crippen molar-refractivity contribution < 1.29 is 14.3 Å². The highest BCUT2D eigenvalue weighted by Crippen LogP contribution is 2.37. The molecule has 0 saturated carbocycles. The first-order valence-corrected chi connectivity index (χ1v) is 18.6. The summed E-state index contributed by atoms with van der Waals surface area (Å²) in [7, 11) is 3.47. The normalized spacial score (nSPS) is 18.2. The number of amides is 2. The van der Waals surface area contributed by atoms with Gasteiger partial charge in [-0.2, -0.15) is 0 Å². The minimum Gasteiger partial charge on any atom is -0.496 e. The second-order valence-electron chi connectivity index (χ2n) is 14.5. The number of nitrogens with zero attached hydrogens (tertiary/aromatic N) is 4. The Kier molecular flexibility index (Phi) is 10.4. The van der Waals surface area contributed by atoms with Gasteiger partial charge in [-0.05, 0) is 104 Å². The lowest BCUT2D eigenvalue weighted by Crippen LogP contribution is -2.47. The van der Waals surface area contributed by atoms with Gasteiger partial charge in [0.2, 0.25) is 11.8 Å². The zero-order chi connectivity index (χ0) is 36.5. The van der Waals surface area contributed by atoms with Crippen LogP contribution in [-0.2, 0) is 42.6 Å². The smallest absolute Gasteiger partial charge is 0.253 e. The zero-order valence-electron chi connectivity index (χ0n) is 30.4. The van der Waals surface area contributed by atoms with E-state index in [1.807, 2.05) is 44.4 Å². The fourth-order valence-corrected chi connectivity index (χ4v) is 8.31. The molecule has 0 bridgehead atoms. The molecule has 2 saturated heterocycles. The maximum absolute atomic E-state index is 12.5. The van der Waals surface area contributed by atoms with E-state index in [1.54, 1.807) is 18.7 Å². The molecule has 3 aliphatic heterocycles. The Morgan fingerprint density at radius 2 is 1.81 bits per heavy atom. The molecule has 2 amide bonds. The predicted molar refractivity (Wildman–Crippen MR) is 205 cm³/mol. The SMILES string of the molecule is COc1cc(-c2cn(C)c(=O)c(C)c2C)cc(Cl)c1CN1CCc2c(CC3CCN(c4ccc(NC5CCC(=O)NC5=O)nc4)CC3)cccc2C1. The number of aryl methyl sites for hydroxylation is 1. The van der Waals surface area contributed by atoms with E-state index in [0.717, 1.165) is 91.1 Å². The van der Waals surface area contributed by atoms with Crippen LogP contribution in [0.3, 0.4) is 0 Å². The first-order chi connectivity index (χ1) is 25.1. The summed E-state index contributed by atoms with van der Waals surface area (Å²) < 4.78 is 7.52. The van der Waals surface area contributed by atoms with E-state index in [0.29, 0.717) is 36.1 Å². The Hall–Kier alpha value is -4.67. The van der Waals surface area contributed by atoms with Crippen molar-refractivity contribution in [2.75, 3.05) is 37.0 Å². The van der Waals surface area contributed by atoms with Gasteiger partial charge in [-0.1, -0.05) is 29.8 Å². The van der Waals surface area contributed by atoms with Crippen molar-refractivity contribution in [1.82, 2.24) is 19.8 Å². The molecule has 2 aromatic heterocycles. The standard InChI is InChI=1S/C41H47ClN6O4/c1-25-26(2)41(51)46(3)23-33(25)30-19-35(42)34(37(20-30)52-4)24-47-15-14-32-28(6-5-7-29(32)22-47)18-27-12-16-48(17-13-27)31-8-10-38(43-21-31)44-36-9-11-39(49)45-40(36)50/h5-8,10,19-21,23,27,36H,9,11-18,22,24H2,1-4H3,(H,43,44)(H,45,49,50). The predicted octanol–water partition coefficient (Wildman–Crippen LogP) is 5.96. The van der Waals surface area contributed by atoms with Crippen LogP contribution in [0.15, 0.2) is 59.7 Å². The number of ether oxygens (including phenoxy) is 1. The Bertz CT molecular complexity index is 2050. The number of halogens is 1. The van der Waals surface area contributed by atoms with E-state index in [9.17, 15) is 14.4 Å². The van der Waals surface area contributed by atoms with Gasteiger partial charge in [0, 0.05) is 74.1 Å².